The van der Waals surface area contributed by atoms with Gasteiger partial charge in [0.2, 0.25) is 0 Å². The lowest BCUT2D eigenvalue weighted by atomic mass is 10.1. The summed E-state index contributed by atoms with van der Waals surface area (Å²) in [4.78, 5) is 10.6. The average Bonchev–Trinajstić information content (AvgIpc) is 2.98. The standard InChI is InChI=1S/C15H12F2N4O2S/c16-15(17)5-12(15)9-1-3-10(4-2-9)21-24(22,23)13-7-19-14-11(13)6-18-8-20-14/h1-4,6-8,12,21H,5H2,(H,18,19,20). The van der Waals surface area contributed by atoms with Crippen molar-refractivity contribution in [3.63, 3.8) is 0 Å². The van der Waals surface area contributed by atoms with Gasteiger partial charge < -0.3 is 4.98 Å². The fourth-order valence-electron chi connectivity index (χ4n) is 2.63. The van der Waals surface area contributed by atoms with Gasteiger partial charge in [-0.25, -0.2) is 27.2 Å². The van der Waals surface area contributed by atoms with Crippen molar-refractivity contribution < 1.29 is 17.2 Å². The molecule has 24 heavy (non-hydrogen) atoms. The second-order valence-corrected chi connectivity index (χ2v) is 7.33. The van der Waals surface area contributed by atoms with E-state index >= 15 is 0 Å². The van der Waals surface area contributed by atoms with Gasteiger partial charge in [0.25, 0.3) is 15.9 Å². The van der Waals surface area contributed by atoms with Gasteiger partial charge in [0.15, 0.2) is 0 Å². The number of nitrogens with one attached hydrogen (secondary N) is 2. The van der Waals surface area contributed by atoms with Gasteiger partial charge in [-0.1, -0.05) is 12.1 Å². The Morgan fingerprint density at radius 2 is 1.96 bits per heavy atom. The Hall–Kier alpha value is -2.55. The smallest absolute Gasteiger partial charge is 0.264 e. The van der Waals surface area contributed by atoms with E-state index in [1.807, 2.05) is 0 Å². The van der Waals surface area contributed by atoms with Gasteiger partial charge in [-0.05, 0) is 17.7 Å². The molecule has 0 spiro atoms. The Labute approximate surface area is 136 Å². The first-order valence-electron chi connectivity index (χ1n) is 7.14. The topological polar surface area (TPSA) is 87.7 Å². The third kappa shape index (κ3) is 2.50. The van der Waals surface area contributed by atoms with Gasteiger partial charge in [-0.2, -0.15) is 0 Å². The van der Waals surface area contributed by atoms with Crippen LogP contribution in [-0.4, -0.2) is 29.3 Å². The highest BCUT2D eigenvalue weighted by Crippen LogP contribution is 2.55. The number of halogens is 2. The predicted octanol–water partition coefficient (Wildman–Crippen LogP) is 2.88. The molecule has 1 aliphatic rings. The third-order valence-corrected chi connectivity index (χ3v) is 5.42. The summed E-state index contributed by atoms with van der Waals surface area (Å²) in [5.74, 6) is -3.42. The summed E-state index contributed by atoms with van der Waals surface area (Å²) in [7, 11) is -3.85. The molecule has 0 radical (unpaired) electrons. The van der Waals surface area contributed by atoms with E-state index in [2.05, 4.69) is 19.7 Å². The van der Waals surface area contributed by atoms with Gasteiger partial charge in [-0.3, -0.25) is 4.72 Å². The molecule has 1 fully saturated rings. The van der Waals surface area contributed by atoms with Gasteiger partial charge in [0.1, 0.15) is 16.9 Å². The minimum Gasteiger partial charge on any atom is -0.345 e. The lowest BCUT2D eigenvalue weighted by Crippen LogP contribution is -2.12. The second-order valence-electron chi connectivity index (χ2n) is 5.68. The molecule has 2 N–H and O–H groups in total. The van der Waals surface area contributed by atoms with Crippen LogP contribution in [0.4, 0.5) is 14.5 Å². The predicted molar refractivity (Wildman–Crippen MR) is 83.4 cm³/mol. The second kappa shape index (κ2) is 4.97. The van der Waals surface area contributed by atoms with Crippen molar-refractivity contribution in [2.24, 2.45) is 0 Å². The van der Waals surface area contributed by atoms with Crippen LogP contribution in [0, 0.1) is 0 Å². The monoisotopic (exact) mass is 350 g/mol. The van der Waals surface area contributed by atoms with Crippen molar-refractivity contribution in [3.8, 4) is 0 Å². The molecule has 2 aromatic heterocycles. The van der Waals surface area contributed by atoms with Crippen molar-refractivity contribution >= 4 is 26.7 Å². The molecule has 4 rings (SSSR count). The lowest BCUT2D eigenvalue weighted by molar-refractivity contribution is 0.112. The highest BCUT2D eigenvalue weighted by Gasteiger charge is 2.57. The van der Waals surface area contributed by atoms with E-state index < -0.39 is 21.9 Å². The molecule has 2 heterocycles. The van der Waals surface area contributed by atoms with Crippen LogP contribution in [0.25, 0.3) is 11.0 Å². The first-order chi connectivity index (χ1) is 11.4. The lowest BCUT2D eigenvalue weighted by Gasteiger charge is -2.08. The van der Waals surface area contributed by atoms with Crippen molar-refractivity contribution in [1.82, 2.24) is 15.0 Å². The van der Waals surface area contributed by atoms with Crippen LogP contribution in [0.5, 0.6) is 0 Å². The van der Waals surface area contributed by atoms with Gasteiger partial charge in [0.05, 0.1) is 11.3 Å². The van der Waals surface area contributed by atoms with E-state index in [1.165, 1.54) is 43.0 Å². The summed E-state index contributed by atoms with van der Waals surface area (Å²) in [5.41, 5.74) is 1.22. The van der Waals surface area contributed by atoms with Crippen LogP contribution < -0.4 is 4.72 Å². The number of nitrogens with zero attached hydrogens (tertiary/aromatic N) is 2. The summed E-state index contributed by atoms with van der Waals surface area (Å²) in [6, 6.07) is 5.99. The minimum absolute atomic E-state index is 0.0240. The van der Waals surface area contributed by atoms with Crippen molar-refractivity contribution in [2.45, 2.75) is 23.2 Å². The zero-order valence-electron chi connectivity index (χ0n) is 12.2. The maximum Gasteiger partial charge on any atom is 0.264 e. The molecule has 1 aromatic carbocycles. The van der Waals surface area contributed by atoms with Crippen molar-refractivity contribution in [2.75, 3.05) is 4.72 Å². The number of alkyl halides is 2. The molecule has 1 saturated carbocycles. The van der Waals surface area contributed by atoms with Crippen LogP contribution in [0.1, 0.15) is 17.9 Å². The Kier molecular flexibility index (Phi) is 3.11. The SMILES string of the molecule is O=S(=O)(Nc1ccc(C2CC2(F)F)cc1)c1c[nH]c2ncncc12. The molecule has 1 aliphatic carbocycles. The van der Waals surface area contributed by atoms with Crippen LogP contribution in [0.3, 0.4) is 0 Å². The zero-order valence-corrected chi connectivity index (χ0v) is 13.0. The molecular formula is C15H12F2N4O2S. The number of aromatic nitrogens is 3. The molecule has 1 unspecified atom stereocenters. The number of hydrogen-bond donors (Lipinski definition) is 2. The number of rotatable bonds is 4. The molecule has 0 saturated heterocycles. The maximum atomic E-state index is 13.1. The number of anilines is 1. The normalized spacial score (nSPS) is 19.3. The molecule has 1 atom stereocenters. The average molecular weight is 350 g/mol. The first kappa shape index (κ1) is 15.0. The van der Waals surface area contributed by atoms with Gasteiger partial charge in [0, 0.05) is 24.5 Å². The minimum atomic E-state index is -3.85. The largest absolute Gasteiger partial charge is 0.345 e. The molecule has 0 amide bonds. The Balaban J connectivity index is 1.60. The highest BCUT2D eigenvalue weighted by atomic mass is 32.2. The summed E-state index contributed by atoms with van der Waals surface area (Å²) in [6.45, 7) is 0. The number of hydrogen-bond acceptors (Lipinski definition) is 4. The fraction of sp³-hybridized carbons (Fsp3) is 0.200. The number of sulfonamides is 1. The van der Waals surface area contributed by atoms with E-state index in [-0.39, 0.29) is 11.3 Å². The van der Waals surface area contributed by atoms with Gasteiger partial charge >= 0.3 is 0 Å². The highest BCUT2D eigenvalue weighted by molar-refractivity contribution is 7.93. The van der Waals surface area contributed by atoms with E-state index in [0.717, 1.165) is 0 Å². The Morgan fingerprint density at radius 3 is 2.62 bits per heavy atom. The quantitative estimate of drug-likeness (QED) is 0.757. The Bertz CT molecular complexity index is 1020. The fourth-order valence-corrected chi connectivity index (χ4v) is 3.84. The summed E-state index contributed by atoms with van der Waals surface area (Å²) in [5, 5.41) is 0.374. The molecular weight excluding hydrogens is 338 g/mol. The molecule has 0 aliphatic heterocycles. The number of benzene rings is 1. The van der Waals surface area contributed by atoms with Crippen LogP contribution in [-0.2, 0) is 10.0 Å². The van der Waals surface area contributed by atoms with Gasteiger partial charge in [-0.15, -0.1) is 0 Å². The van der Waals surface area contributed by atoms with Crippen LogP contribution >= 0.6 is 0 Å². The molecule has 3 aromatic rings. The number of H-pyrrole nitrogens is 1. The summed E-state index contributed by atoms with van der Waals surface area (Å²) < 4.78 is 53.6. The van der Waals surface area contributed by atoms with E-state index in [4.69, 9.17) is 0 Å². The van der Waals surface area contributed by atoms with E-state index in [1.54, 1.807) is 0 Å². The van der Waals surface area contributed by atoms with E-state index in [0.29, 0.717) is 22.3 Å². The summed E-state index contributed by atoms with van der Waals surface area (Å²) in [6.07, 6.45) is 3.90. The molecule has 124 valence electrons. The Morgan fingerprint density at radius 1 is 1.25 bits per heavy atom. The van der Waals surface area contributed by atoms with Crippen LogP contribution in [0.15, 0.2) is 47.9 Å². The maximum absolute atomic E-state index is 13.1. The van der Waals surface area contributed by atoms with Crippen molar-refractivity contribution in [1.29, 1.82) is 0 Å². The third-order valence-electron chi connectivity index (χ3n) is 4.00. The zero-order chi connectivity index (χ0) is 16.9. The number of fused-ring (bicyclic) bond motifs is 1. The molecule has 6 nitrogen and oxygen atoms in total. The van der Waals surface area contributed by atoms with E-state index in [9.17, 15) is 17.2 Å². The summed E-state index contributed by atoms with van der Waals surface area (Å²) >= 11 is 0. The molecule has 0 bridgehead atoms. The molecule has 9 heteroatoms. The van der Waals surface area contributed by atoms with Crippen molar-refractivity contribution in [3.05, 3.63) is 48.5 Å². The first-order valence-corrected chi connectivity index (χ1v) is 8.63. The van der Waals surface area contributed by atoms with Crippen LogP contribution in [0.2, 0.25) is 0 Å². The number of aromatic amines is 1.